The standard InChI is InChI=1S/C24H32F2N4O8S2/c1-27(2)11-13-29(5)39(33,34)21-9-7-17(15-19(21)25)37-23(31)24(32)38-18-8-10-22(20(26)16-18)40(35,36)30(6)14-12-28(3)4/h7-10,15-16H,11-14H2,1-6H3. The molecular formula is C24H32F2N4O8S2. The Labute approximate surface area is 232 Å². The second kappa shape index (κ2) is 13.6. The zero-order valence-electron chi connectivity index (χ0n) is 22.9. The summed E-state index contributed by atoms with van der Waals surface area (Å²) in [6, 6.07) is 4.96. The third-order valence-corrected chi connectivity index (χ3v) is 9.28. The lowest BCUT2D eigenvalue weighted by molar-refractivity contribution is -0.156. The second-order valence-electron chi connectivity index (χ2n) is 9.22. The fraction of sp³-hybridized carbons (Fsp3) is 0.417. The van der Waals surface area contributed by atoms with Gasteiger partial charge in [-0.1, -0.05) is 0 Å². The predicted octanol–water partition coefficient (Wildman–Crippen LogP) is 0.840. The molecule has 0 fully saturated rings. The Morgan fingerprint density at radius 1 is 0.625 bits per heavy atom. The predicted molar refractivity (Wildman–Crippen MR) is 141 cm³/mol. The molecule has 0 N–H and O–H groups in total. The van der Waals surface area contributed by atoms with Crippen molar-refractivity contribution in [2.45, 2.75) is 9.79 Å². The molecule has 0 aliphatic rings. The van der Waals surface area contributed by atoms with Crippen LogP contribution in [-0.4, -0.2) is 116 Å². The highest BCUT2D eigenvalue weighted by Gasteiger charge is 2.28. The van der Waals surface area contributed by atoms with Crippen molar-refractivity contribution in [2.75, 3.05) is 68.5 Å². The first-order valence-electron chi connectivity index (χ1n) is 11.7. The lowest BCUT2D eigenvalue weighted by Gasteiger charge is -2.20. The molecule has 0 saturated carbocycles. The number of ether oxygens (including phenoxy) is 2. The lowest BCUT2D eigenvalue weighted by Crippen LogP contribution is -2.34. The molecule has 2 rings (SSSR count). The summed E-state index contributed by atoms with van der Waals surface area (Å²) in [4.78, 5) is 26.5. The van der Waals surface area contributed by atoms with Gasteiger partial charge in [-0.15, -0.1) is 0 Å². The van der Waals surface area contributed by atoms with E-state index in [2.05, 4.69) is 0 Å². The van der Waals surface area contributed by atoms with E-state index in [0.29, 0.717) is 25.2 Å². The van der Waals surface area contributed by atoms with Crippen LogP contribution in [0.3, 0.4) is 0 Å². The van der Waals surface area contributed by atoms with Crippen molar-refractivity contribution in [1.82, 2.24) is 18.4 Å². The molecule has 40 heavy (non-hydrogen) atoms. The minimum Gasteiger partial charge on any atom is -0.418 e. The summed E-state index contributed by atoms with van der Waals surface area (Å²) in [5, 5.41) is 0. The van der Waals surface area contributed by atoms with E-state index in [1.165, 1.54) is 14.1 Å². The van der Waals surface area contributed by atoms with Crippen molar-refractivity contribution in [1.29, 1.82) is 0 Å². The first-order valence-corrected chi connectivity index (χ1v) is 14.6. The smallest absolute Gasteiger partial charge is 0.418 e. The van der Waals surface area contributed by atoms with Crippen LogP contribution in [0.1, 0.15) is 0 Å². The SMILES string of the molecule is CN(C)CCN(C)S(=O)(=O)c1ccc(OC(=O)C(=O)Oc2ccc(S(=O)(=O)N(C)CCN(C)C)c(F)c2)cc1F. The number of rotatable bonds is 12. The Balaban J connectivity index is 2.10. The normalized spacial score (nSPS) is 12.4. The number of likely N-dealkylation sites (N-methyl/N-ethyl adjacent to an activating group) is 4. The molecule has 0 aliphatic heterocycles. The van der Waals surface area contributed by atoms with Gasteiger partial charge >= 0.3 is 11.9 Å². The average molecular weight is 607 g/mol. The fourth-order valence-electron chi connectivity index (χ4n) is 3.06. The molecule has 0 bridgehead atoms. The molecule has 0 radical (unpaired) electrons. The largest absolute Gasteiger partial charge is 0.423 e. The number of hydrogen-bond acceptors (Lipinski definition) is 10. The van der Waals surface area contributed by atoms with Gasteiger partial charge in [-0.3, -0.25) is 0 Å². The number of esters is 2. The monoisotopic (exact) mass is 606 g/mol. The van der Waals surface area contributed by atoms with Crippen LogP contribution in [0.4, 0.5) is 8.78 Å². The van der Waals surface area contributed by atoms with Crippen molar-refractivity contribution < 1.29 is 44.7 Å². The molecule has 0 amide bonds. The minimum atomic E-state index is -4.18. The number of nitrogens with zero attached hydrogens (tertiary/aromatic N) is 4. The van der Waals surface area contributed by atoms with E-state index in [-0.39, 0.29) is 13.1 Å². The van der Waals surface area contributed by atoms with Gasteiger partial charge in [-0.05, 0) is 52.5 Å². The van der Waals surface area contributed by atoms with E-state index in [9.17, 15) is 35.2 Å². The van der Waals surface area contributed by atoms with E-state index < -0.39 is 64.9 Å². The van der Waals surface area contributed by atoms with E-state index in [1.54, 1.807) is 38.0 Å². The molecule has 0 atom stereocenters. The Morgan fingerprint density at radius 2 is 0.950 bits per heavy atom. The highest BCUT2D eigenvalue weighted by atomic mass is 32.2. The highest BCUT2D eigenvalue weighted by molar-refractivity contribution is 7.89. The first kappa shape index (κ1) is 33.2. The summed E-state index contributed by atoms with van der Waals surface area (Å²) in [6.07, 6.45) is 0. The summed E-state index contributed by atoms with van der Waals surface area (Å²) in [7, 11) is 1.21. The van der Waals surface area contributed by atoms with Crippen LogP contribution in [0, 0.1) is 11.6 Å². The molecule has 0 aromatic heterocycles. The molecule has 0 aliphatic carbocycles. The topological polar surface area (TPSA) is 134 Å². The number of carbonyl (C=O) groups excluding carboxylic acids is 2. The summed E-state index contributed by atoms with van der Waals surface area (Å²) >= 11 is 0. The number of halogens is 2. The molecular weight excluding hydrogens is 574 g/mol. The van der Waals surface area contributed by atoms with Crippen molar-refractivity contribution in [3.05, 3.63) is 48.0 Å². The van der Waals surface area contributed by atoms with Crippen molar-refractivity contribution in [2.24, 2.45) is 0 Å². The van der Waals surface area contributed by atoms with E-state index in [0.717, 1.165) is 32.9 Å². The van der Waals surface area contributed by atoms with Crippen LogP contribution < -0.4 is 9.47 Å². The molecule has 222 valence electrons. The molecule has 16 heteroatoms. The van der Waals surface area contributed by atoms with Gasteiger partial charge in [0.05, 0.1) is 0 Å². The lowest BCUT2D eigenvalue weighted by atomic mass is 10.3. The van der Waals surface area contributed by atoms with Crippen LogP contribution >= 0.6 is 0 Å². The van der Waals surface area contributed by atoms with Gasteiger partial charge in [0.1, 0.15) is 32.9 Å². The average Bonchev–Trinajstić information content (AvgIpc) is 2.85. The van der Waals surface area contributed by atoms with Gasteiger partial charge in [-0.25, -0.2) is 35.2 Å². The summed E-state index contributed by atoms with van der Waals surface area (Å²) in [6.45, 7) is 0.979. The first-order chi connectivity index (χ1) is 18.5. The number of sulfonamides is 2. The molecule has 0 saturated heterocycles. The minimum absolute atomic E-state index is 0.0952. The Hall–Kier alpha value is -3.02. The Kier molecular flexibility index (Phi) is 11.3. The Bertz CT molecular complexity index is 1340. The maximum Gasteiger partial charge on any atom is 0.423 e. The van der Waals surface area contributed by atoms with E-state index >= 15 is 0 Å². The zero-order valence-corrected chi connectivity index (χ0v) is 24.6. The van der Waals surface area contributed by atoms with E-state index in [1.807, 2.05) is 0 Å². The zero-order chi connectivity index (χ0) is 30.4. The summed E-state index contributed by atoms with van der Waals surface area (Å²) < 4.78 is 91.2. The van der Waals surface area contributed by atoms with Gasteiger partial charge in [0.25, 0.3) is 0 Å². The fourth-order valence-corrected chi connectivity index (χ4v) is 5.47. The third-order valence-electron chi connectivity index (χ3n) is 5.50. The van der Waals surface area contributed by atoms with Gasteiger partial charge < -0.3 is 19.3 Å². The highest BCUT2D eigenvalue weighted by Crippen LogP contribution is 2.25. The number of carbonyl (C=O) groups is 2. The number of hydrogen-bond donors (Lipinski definition) is 0. The van der Waals surface area contributed by atoms with Crippen molar-refractivity contribution in [3.63, 3.8) is 0 Å². The van der Waals surface area contributed by atoms with E-state index in [4.69, 9.17) is 9.47 Å². The summed E-state index contributed by atoms with van der Waals surface area (Å²) in [5.74, 6) is -6.63. The van der Waals surface area contributed by atoms with Crippen molar-refractivity contribution in [3.8, 4) is 11.5 Å². The van der Waals surface area contributed by atoms with Crippen molar-refractivity contribution >= 4 is 32.0 Å². The quantitative estimate of drug-likeness (QED) is 0.194. The maximum absolute atomic E-state index is 14.6. The van der Waals surface area contributed by atoms with Crippen LogP contribution in [0.5, 0.6) is 11.5 Å². The molecule has 12 nitrogen and oxygen atoms in total. The van der Waals surface area contributed by atoms with Crippen LogP contribution in [0.25, 0.3) is 0 Å². The second-order valence-corrected chi connectivity index (χ2v) is 13.2. The van der Waals surface area contributed by atoms with Crippen LogP contribution in [-0.2, 0) is 29.6 Å². The summed E-state index contributed by atoms with van der Waals surface area (Å²) in [5.41, 5.74) is 0. The maximum atomic E-state index is 14.6. The van der Waals surface area contributed by atoms with Gasteiger partial charge in [0.2, 0.25) is 20.0 Å². The van der Waals surface area contributed by atoms with Gasteiger partial charge in [-0.2, -0.15) is 8.61 Å². The molecule has 0 heterocycles. The molecule has 2 aromatic carbocycles. The van der Waals surface area contributed by atoms with Crippen LogP contribution in [0.15, 0.2) is 46.2 Å². The third kappa shape index (κ3) is 8.49. The molecule has 0 spiro atoms. The van der Waals surface area contributed by atoms with Gasteiger partial charge in [0, 0.05) is 52.4 Å². The Morgan fingerprint density at radius 3 is 1.23 bits per heavy atom. The van der Waals surface area contributed by atoms with Crippen LogP contribution in [0.2, 0.25) is 0 Å². The van der Waals surface area contributed by atoms with Gasteiger partial charge in [0.15, 0.2) is 0 Å². The molecule has 0 unspecified atom stereocenters. The molecule has 2 aromatic rings. The number of benzene rings is 2.